The third-order valence-electron chi connectivity index (χ3n) is 2.39. The standard InChI is InChI=1S/C12H15N3S/c1-9-3-4-16-12(9)8-13-6-11-7-14-10(2)5-15-11/h3-5,7,13H,6,8H2,1-2H3. The van der Waals surface area contributed by atoms with E-state index in [0.717, 1.165) is 24.5 Å². The van der Waals surface area contributed by atoms with E-state index in [-0.39, 0.29) is 0 Å². The fourth-order valence-electron chi connectivity index (χ4n) is 1.40. The van der Waals surface area contributed by atoms with Crippen LogP contribution in [0, 0.1) is 13.8 Å². The highest BCUT2D eigenvalue weighted by molar-refractivity contribution is 7.10. The van der Waals surface area contributed by atoms with Crippen molar-refractivity contribution in [2.24, 2.45) is 0 Å². The molecule has 0 saturated heterocycles. The zero-order valence-corrected chi connectivity index (χ0v) is 10.3. The molecular formula is C12H15N3S. The second-order valence-corrected chi connectivity index (χ2v) is 4.78. The van der Waals surface area contributed by atoms with Crippen LogP contribution in [-0.2, 0) is 13.1 Å². The van der Waals surface area contributed by atoms with Crippen molar-refractivity contribution in [3.63, 3.8) is 0 Å². The van der Waals surface area contributed by atoms with Gasteiger partial charge in [0.25, 0.3) is 0 Å². The summed E-state index contributed by atoms with van der Waals surface area (Å²) in [6.07, 6.45) is 3.62. The summed E-state index contributed by atoms with van der Waals surface area (Å²) in [5.74, 6) is 0. The number of hydrogen-bond donors (Lipinski definition) is 1. The number of aromatic nitrogens is 2. The van der Waals surface area contributed by atoms with E-state index >= 15 is 0 Å². The molecule has 2 aromatic heterocycles. The molecule has 0 fully saturated rings. The summed E-state index contributed by atoms with van der Waals surface area (Å²) < 4.78 is 0. The quantitative estimate of drug-likeness (QED) is 0.881. The smallest absolute Gasteiger partial charge is 0.0724 e. The van der Waals surface area contributed by atoms with Crippen LogP contribution in [0.15, 0.2) is 23.8 Å². The average Bonchev–Trinajstić information content (AvgIpc) is 2.68. The van der Waals surface area contributed by atoms with E-state index in [9.17, 15) is 0 Å². The zero-order chi connectivity index (χ0) is 11.4. The molecule has 0 atom stereocenters. The summed E-state index contributed by atoms with van der Waals surface area (Å²) in [6, 6.07) is 2.15. The Morgan fingerprint density at radius 1 is 1.19 bits per heavy atom. The first kappa shape index (κ1) is 11.2. The fraction of sp³-hybridized carbons (Fsp3) is 0.333. The highest BCUT2D eigenvalue weighted by Crippen LogP contribution is 2.14. The molecule has 0 aliphatic heterocycles. The van der Waals surface area contributed by atoms with Crippen molar-refractivity contribution >= 4 is 11.3 Å². The number of nitrogens with zero attached hydrogens (tertiary/aromatic N) is 2. The summed E-state index contributed by atoms with van der Waals surface area (Å²) in [5, 5.41) is 5.50. The Morgan fingerprint density at radius 2 is 2.06 bits per heavy atom. The normalized spacial score (nSPS) is 10.6. The molecule has 3 nitrogen and oxygen atoms in total. The van der Waals surface area contributed by atoms with E-state index in [0.29, 0.717) is 0 Å². The molecule has 2 heterocycles. The topological polar surface area (TPSA) is 37.8 Å². The van der Waals surface area contributed by atoms with Crippen molar-refractivity contribution in [3.8, 4) is 0 Å². The summed E-state index contributed by atoms with van der Waals surface area (Å²) in [7, 11) is 0. The predicted octanol–water partition coefficient (Wildman–Crippen LogP) is 2.44. The lowest BCUT2D eigenvalue weighted by molar-refractivity contribution is 0.680. The van der Waals surface area contributed by atoms with Crippen molar-refractivity contribution in [1.82, 2.24) is 15.3 Å². The lowest BCUT2D eigenvalue weighted by Crippen LogP contribution is -2.13. The van der Waals surface area contributed by atoms with E-state index in [1.165, 1.54) is 10.4 Å². The third kappa shape index (κ3) is 2.87. The summed E-state index contributed by atoms with van der Waals surface area (Å²) in [6.45, 7) is 5.75. The van der Waals surface area contributed by atoms with Crippen LogP contribution in [0.25, 0.3) is 0 Å². The first-order valence-electron chi connectivity index (χ1n) is 5.27. The van der Waals surface area contributed by atoms with Crippen LogP contribution in [0.4, 0.5) is 0 Å². The minimum atomic E-state index is 0.768. The van der Waals surface area contributed by atoms with Gasteiger partial charge in [0.15, 0.2) is 0 Å². The molecule has 0 bridgehead atoms. The Bertz CT molecular complexity index is 448. The Morgan fingerprint density at radius 3 is 2.69 bits per heavy atom. The minimum Gasteiger partial charge on any atom is -0.306 e. The van der Waals surface area contributed by atoms with Gasteiger partial charge in [0, 0.05) is 30.4 Å². The molecule has 0 radical (unpaired) electrons. The predicted molar refractivity (Wildman–Crippen MR) is 66.4 cm³/mol. The van der Waals surface area contributed by atoms with Crippen molar-refractivity contribution < 1.29 is 0 Å². The summed E-state index contributed by atoms with van der Waals surface area (Å²) in [4.78, 5) is 9.90. The molecule has 0 spiro atoms. The molecule has 2 rings (SSSR count). The molecule has 2 aromatic rings. The van der Waals surface area contributed by atoms with Crippen LogP contribution < -0.4 is 5.32 Å². The van der Waals surface area contributed by atoms with Gasteiger partial charge in [0.05, 0.1) is 11.4 Å². The molecule has 16 heavy (non-hydrogen) atoms. The molecule has 84 valence electrons. The molecule has 4 heteroatoms. The van der Waals surface area contributed by atoms with Crippen molar-refractivity contribution in [2.45, 2.75) is 26.9 Å². The second-order valence-electron chi connectivity index (χ2n) is 3.78. The number of rotatable bonds is 4. The monoisotopic (exact) mass is 233 g/mol. The van der Waals surface area contributed by atoms with E-state index in [1.54, 1.807) is 17.5 Å². The number of nitrogens with one attached hydrogen (secondary N) is 1. The largest absolute Gasteiger partial charge is 0.306 e. The van der Waals surface area contributed by atoms with Gasteiger partial charge in [-0.05, 0) is 30.9 Å². The lowest BCUT2D eigenvalue weighted by atomic mass is 10.3. The van der Waals surface area contributed by atoms with Crippen molar-refractivity contribution in [3.05, 3.63) is 45.7 Å². The van der Waals surface area contributed by atoms with Gasteiger partial charge < -0.3 is 5.32 Å². The van der Waals surface area contributed by atoms with Gasteiger partial charge >= 0.3 is 0 Å². The van der Waals surface area contributed by atoms with Gasteiger partial charge in [0.1, 0.15) is 0 Å². The molecule has 0 amide bonds. The van der Waals surface area contributed by atoms with Gasteiger partial charge in [-0.2, -0.15) is 0 Å². The molecule has 0 aliphatic rings. The molecule has 0 aromatic carbocycles. The molecule has 0 unspecified atom stereocenters. The average molecular weight is 233 g/mol. The van der Waals surface area contributed by atoms with E-state index in [4.69, 9.17) is 0 Å². The van der Waals surface area contributed by atoms with Crippen LogP contribution in [0.1, 0.15) is 21.8 Å². The SMILES string of the molecule is Cc1cnc(CNCc2sccc2C)cn1. The van der Waals surface area contributed by atoms with Crippen LogP contribution in [0.2, 0.25) is 0 Å². The van der Waals surface area contributed by atoms with Gasteiger partial charge in [-0.25, -0.2) is 0 Å². The highest BCUT2D eigenvalue weighted by atomic mass is 32.1. The molecular weight excluding hydrogens is 218 g/mol. The number of hydrogen-bond acceptors (Lipinski definition) is 4. The van der Waals surface area contributed by atoms with Crippen LogP contribution in [0.3, 0.4) is 0 Å². The van der Waals surface area contributed by atoms with E-state index in [2.05, 4.69) is 33.7 Å². The molecule has 1 N–H and O–H groups in total. The number of aryl methyl sites for hydroxylation is 2. The van der Waals surface area contributed by atoms with Crippen LogP contribution >= 0.6 is 11.3 Å². The Labute approximate surface area is 99.6 Å². The molecule has 0 saturated carbocycles. The Balaban J connectivity index is 1.84. The van der Waals surface area contributed by atoms with E-state index in [1.807, 2.05) is 13.1 Å². The third-order valence-corrected chi connectivity index (χ3v) is 3.42. The first-order valence-corrected chi connectivity index (χ1v) is 6.15. The summed E-state index contributed by atoms with van der Waals surface area (Å²) >= 11 is 1.79. The highest BCUT2D eigenvalue weighted by Gasteiger charge is 1.99. The van der Waals surface area contributed by atoms with Gasteiger partial charge in [-0.3, -0.25) is 9.97 Å². The van der Waals surface area contributed by atoms with Gasteiger partial charge in [-0.1, -0.05) is 0 Å². The van der Waals surface area contributed by atoms with Crippen LogP contribution in [0.5, 0.6) is 0 Å². The lowest BCUT2D eigenvalue weighted by Gasteiger charge is -2.03. The minimum absolute atomic E-state index is 0.768. The summed E-state index contributed by atoms with van der Waals surface area (Å²) in [5.41, 5.74) is 3.30. The maximum atomic E-state index is 4.30. The van der Waals surface area contributed by atoms with E-state index < -0.39 is 0 Å². The molecule has 0 aliphatic carbocycles. The number of thiophene rings is 1. The zero-order valence-electron chi connectivity index (χ0n) is 9.53. The maximum absolute atomic E-state index is 4.30. The maximum Gasteiger partial charge on any atom is 0.0724 e. The van der Waals surface area contributed by atoms with Crippen molar-refractivity contribution in [2.75, 3.05) is 0 Å². The Hall–Kier alpha value is -1.26. The second kappa shape index (κ2) is 5.18. The van der Waals surface area contributed by atoms with Gasteiger partial charge in [-0.15, -0.1) is 11.3 Å². The van der Waals surface area contributed by atoms with Crippen molar-refractivity contribution in [1.29, 1.82) is 0 Å². The fourth-order valence-corrected chi connectivity index (χ4v) is 2.28. The van der Waals surface area contributed by atoms with Gasteiger partial charge in [0.2, 0.25) is 0 Å². The first-order chi connectivity index (χ1) is 7.75. The van der Waals surface area contributed by atoms with Crippen LogP contribution in [-0.4, -0.2) is 9.97 Å². The Kier molecular flexibility index (Phi) is 3.64.